The molecule has 6 heteroatoms. The molecule has 2 heterocycles. The van der Waals surface area contributed by atoms with Gasteiger partial charge in [0.1, 0.15) is 0 Å². The van der Waals surface area contributed by atoms with Crippen LogP contribution in [0, 0.1) is 5.92 Å². The van der Waals surface area contributed by atoms with Gasteiger partial charge in [0.15, 0.2) is 5.13 Å². The minimum Gasteiger partial charge on any atom is -0.381 e. The Kier molecular flexibility index (Phi) is 3.35. The third kappa shape index (κ3) is 2.69. The quantitative estimate of drug-likeness (QED) is 0.894. The molecule has 3 rings (SSSR count). The van der Waals surface area contributed by atoms with Crippen LogP contribution in [0.2, 0.25) is 0 Å². The second-order valence-electron chi connectivity index (χ2n) is 4.67. The summed E-state index contributed by atoms with van der Waals surface area (Å²) in [6, 6.07) is 5.45. The van der Waals surface area contributed by atoms with Crippen LogP contribution in [0.3, 0.4) is 0 Å². The summed E-state index contributed by atoms with van der Waals surface area (Å²) in [6.07, 6.45) is 1.02. The molecule has 1 aliphatic rings. The molecule has 1 saturated heterocycles. The Morgan fingerprint density at radius 3 is 3.26 bits per heavy atom. The summed E-state index contributed by atoms with van der Waals surface area (Å²) in [5.41, 5.74) is 7.14. The van der Waals surface area contributed by atoms with Crippen LogP contribution >= 0.6 is 11.3 Å². The van der Waals surface area contributed by atoms with E-state index in [9.17, 15) is 4.79 Å². The lowest BCUT2D eigenvalue weighted by Crippen LogP contribution is -2.29. The highest BCUT2D eigenvalue weighted by molar-refractivity contribution is 7.22. The molecule has 1 aromatic heterocycles. The van der Waals surface area contributed by atoms with Crippen LogP contribution in [-0.2, 0) is 4.74 Å². The van der Waals surface area contributed by atoms with Crippen LogP contribution in [0.4, 0.5) is 5.13 Å². The van der Waals surface area contributed by atoms with E-state index in [0.717, 1.165) is 29.9 Å². The molecule has 100 valence electrons. The van der Waals surface area contributed by atoms with Crippen LogP contribution in [0.15, 0.2) is 18.2 Å². The predicted octanol–water partition coefficient (Wildman–Crippen LogP) is 1.64. The molecule has 1 atom stereocenters. The smallest absolute Gasteiger partial charge is 0.251 e. The van der Waals surface area contributed by atoms with Crippen molar-refractivity contribution >= 4 is 32.6 Å². The summed E-state index contributed by atoms with van der Waals surface area (Å²) in [5, 5.41) is 3.47. The number of rotatable bonds is 3. The molecule has 1 unspecified atom stereocenters. The second kappa shape index (κ2) is 5.14. The third-order valence-electron chi connectivity index (χ3n) is 3.24. The fourth-order valence-electron chi connectivity index (χ4n) is 2.17. The highest BCUT2D eigenvalue weighted by Crippen LogP contribution is 2.24. The van der Waals surface area contributed by atoms with Gasteiger partial charge in [0.25, 0.3) is 5.91 Å². The van der Waals surface area contributed by atoms with Crippen molar-refractivity contribution in [3.63, 3.8) is 0 Å². The van der Waals surface area contributed by atoms with Crippen LogP contribution in [-0.4, -0.2) is 30.6 Å². The van der Waals surface area contributed by atoms with Gasteiger partial charge in [-0.15, -0.1) is 0 Å². The van der Waals surface area contributed by atoms with E-state index >= 15 is 0 Å². The molecule has 1 fully saturated rings. The van der Waals surface area contributed by atoms with Gasteiger partial charge in [-0.1, -0.05) is 11.3 Å². The molecule has 19 heavy (non-hydrogen) atoms. The number of nitrogens with one attached hydrogen (secondary N) is 1. The molecular formula is C13H15N3O2S. The van der Waals surface area contributed by atoms with Gasteiger partial charge in [0.2, 0.25) is 0 Å². The number of nitrogens with two attached hydrogens (primary N) is 1. The number of aromatic nitrogens is 1. The topological polar surface area (TPSA) is 77.2 Å². The molecule has 1 aromatic carbocycles. The van der Waals surface area contributed by atoms with Crippen molar-refractivity contribution in [3.8, 4) is 0 Å². The number of thiazole rings is 1. The average molecular weight is 277 g/mol. The molecule has 1 amide bonds. The first kappa shape index (κ1) is 12.4. The van der Waals surface area contributed by atoms with Gasteiger partial charge in [-0.05, 0) is 24.6 Å². The van der Waals surface area contributed by atoms with Gasteiger partial charge in [0.05, 0.1) is 16.8 Å². The van der Waals surface area contributed by atoms with Crippen LogP contribution < -0.4 is 11.1 Å². The van der Waals surface area contributed by atoms with Crippen molar-refractivity contribution in [1.29, 1.82) is 0 Å². The van der Waals surface area contributed by atoms with Gasteiger partial charge in [-0.25, -0.2) is 4.98 Å². The van der Waals surface area contributed by atoms with E-state index < -0.39 is 0 Å². The summed E-state index contributed by atoms with van der Waals surface area (Å²) in [5.74, 6) is 0.382. The highest BCUT2D eigenvalue weighted by atomic mass is 32.1. The lowest BCUT2D eigenvalue weighted by molar-refractivity contribution is 0.0945. The van der Waals surface area contributed by atoms with Gasteiger partial charge < -0.3 is 15.8 Å². The monoisotopic (exact) mass is 277 g/mol. The van der Waals surface area contributed by atoms with Gasteiger partial charge in [-0.3, -0.25) is 4.79 Å². The highest BCUT2D eigenvalue weighted by Gasteiger charge is 2.17. The summed E-state index contributed by atoms with van der Waals surface area (Å²) in [6.45, 7) is 2.21. The molecule has 1 aliphatic heterocycles. The van der Waals surface area contributed by atoms with E-state index in [2.05, 4.69) is 10.3 Å². The Morgan fingerprint density at radius 2 is 2.47 bits per heavy atom. The third-order valence-corrected chi connectivity index (χ3v) is 4.09. The number of nitrogen functional groups attached to an aromatic ring is 1. The van der Waals surface area contributed by atoms with E-state index in [1.807, 2.05) is 12.1 Å². The van der Waals surface area contributed by atoms with E-state index in [1.165, 1.54) is 11.3 Å². The number of hydrogen-bond donors (Lipinski definition) is 2. The minimum absolute atomic E-state index is 0.0548. The summed E-state index contributed by atoms with van der Waals surface area (Å²) >= 11 is 1.39. The van der Waals surface area contributed by atoms with Crippen molar-refractivity contribution in [1.82, 2.24) is 10.3 Å². The van der Waals surface area contributed by atoms with Crippen molar-refractivity contribution in [2.24, 2.45) is 5.92 Å². The van der Waals surface area contributed by atoms with Crippen molar-refractivity contribution in [2.45, 2.75) is 6.42 Å². The van der Waals surface area contributed by atoms with Crippen molar-refractivity contribution in [3.05, 3.63) is 23.8 Å². The lowest BCUT2D eigenvalue weighted by Gasteiger charge is -2.09. The fraction of sp³-hybridized carbons (Fsp3) is 0.385. The van der Waals surface area contributed by atoms with E-state index in [-0.39, 0.29) is 5.91 Å². The molecule has 0 bridgehead atoms. The Hall–Kier alpha value is -1.66. The second-order valence-corrected chi connectivity index (χ2v) is 5.74. The number of fused-ring (bicyclic) bond motifs is 1. The molecule has 0 spiro atoms. The minimum atomic E-state index is -0.0548. The van der Waals surface area contributed by atoms with E-state index in [1.54, 1.807) is 6.07 Å². The van der Waals surface area contributed by atoms with Crippen LogP contribution in [0.5, 0.6) is 0 Å². The fourth-order valence-corrected chi connectivity index (χ4v) is 2.94. The molecule has 0 radical (unpaired) electrons. The van der Waals surface area contributed by atoms with Crippen molar-refractivity contribution in [2.75, 3.05) is 25.5 Å². The Labute approximate surface area is 114 Å². The van der Waals surface area contributed by atoms with Gasteiger partial charge >= 0.3 is 0 Å². The standard InChI is InChI=1S/C13H15N3O2S/c14-13-16-10-2-1-9(5-11(10)19-13)12(17)15-6-8-3-4-18-7-8/h1-2,5,8H,3-4,6-7H2,(H2,14,16)(H,15,17). The maximum absolute atomic E-state index is 12.1. The van der Waals surface area contributed by atoms with Crippen molar-refractivity contribution < 1.29 is 9.53 Å². The normalized spacial score (nSPS) is 18.8. The largest absolute Gasteiger partial charge is 0.381 e. The number of anilines is 1. The molecule has 0 aliphatic carbocycles. The van der Waals surface area contributed by atoms with Gasteiger partial charge in [0, 0.05) is 24.6 Å². The number of amides is 1. The lowest BCUT2D eigenvalue weighted by atomic mass is 10.1. The van der Waals surface area contributed by atoms with Crippen LogP contribution in [0.25, 0.3) is 10.2 Å². The maximum atomic E-state index is 12.1. The first-order valence-electron chi connectivity index (χ1n) is 6.24. The number of hydrogen-bond acceptors (Lipinski definition) is 5. The summed E-state index contributed by atoms with van der Waals surface area (Å²) in [7, 11) is 0. The van der Waals surface area contributed by atoms with E-state index in [4.69, 9.17) is 10.5 Å². The van der Waals surface area contributed by atoms with Crippen LogP contribution in [0.1, 0.15) is 16.8 Å². The summed E-state index contributed by atoms with van der Waals surface area (Å²) in [4.78, 5) is 16.2. The molecule has 0 saturated carbocycles. The Morgan fingerprint density at radius 1 is 1.58 bits per heavy atom. The van der Waals surface area contributed by atoms with Gasteiger partial charge in [-0.2, -0.15) is 0 Å². The first-order chi connectivity index (χ1) is 9.22. The number of nitrogens with zero attached hydrogens (tertiary/aromatic N) is 1. The average Bonchev–Trinajstić information content (AvgIpc) is 3.02. The number of carbonyl (C=O) groups is 1. The zero-order valence-corrected chi connectivity index (χ0v) is 11.2. The molecule has 5 nitrogen and oxygen atoms in total. The Balaban J connectivity index is 1.69. The molecular weight excluding hydrogens is 262 g/mol. The number of ether oxygens (including phenoxy) is 1. The molecule has 2 aromatic rings. The number of benzene rings is 1. The predicted molar refractivity (Wildman–Crippen MR) is 75.3 cm³/mol. The number of carbonyl (C=O) groups excluding carboxylic acids is 1. The maximum Gasteiger partial charge on any atom is 0.251 e. The molecule has 3 N–H and O–H groups in total. The zero-order valence-electron chi connectivity index (χ0n) is 10.4. The zero-order chi connectivity index (χ0) is 13.2. The Bertz CT molecular complexity index is 605. The van der Waals surface area contributed by atoms with E-state index in [0.29, 0.717) is 23.2 Å². The SMILES string of the molecule is Nc1nc2ccc(C(=O)NCC3CCOC3)cc2s1. The first-order valence-corrected chi connectivity index (χ1v) is 7.06. The summed E-state index contributed by atoms with van der Waals surface area (Å²) < 4.78 is 6.22.